The average molecular weight is 1250 g/mol. The molecule has 90 heavy (non-hydrogen) atoms. The number of dihydropyridines is 1. The van der Waals surface area contributed by atoms with Gasteiger partial charge in [-0.25, -0.2) is 0 Å². The van der Waals surface area contributed by atoms with Gasteiger partial charge in [-0.05, 0) is 236 Å². The third-order valence-corrected chi connectivity index (χ3v) is 29.0. The Bertz CT molecular complexity index is 2950. The Morgan fingerprint density at radius 1 is 0.844 bits per heavy atom. The maximum atomic E-state index is 16.7. The molecule has 10 fully saturated rings. The van der Waals surface area contributed by atoms with Crippen molar-refractivity contribution in [2.45, 2.75) is 290 Å². The molecule has 0 amide bonds. The summed E-state index contributed by atoms with van der Waals surface area (Å²) >= 11 is 0. The Morgan fingerprint density at radius 3 is 2.48 bits per heavy atom. The summed E-state index contributed by atoms with van der Waals surface area (Å²) in [7, 11) is 0. The van der Waals surface area contributed by atoms with Gasteiger partial charge in [0.15, 0.2) is 5.78 Å². The highest BCUT2D eigenvalue weighted by Crippen LogP contribution is 2.78. The summed E-state index contributed by atoms with van der Waals surface area (Å²) in [6.45, 7) is 4.06. The standard InChI is InChI=1S/C75H111N3O12/c1-3-10-41-17-22-51-59(25-18-41)90-69-64(51)54(80)15-8-29-75(69,88)70(2,85)61-28-31-74(87)65-66(77-39-57(83)42-11-5-4-6-12-42)67(84)52-36-55(81)56(82)38-71(52)37-45(48-24-26-62(76)78-53(48)14-9-32-79)27-30-72(86,68(65)71)40-73(61,74)47-21-19-43-35-60-63-44(33-46(43)34-47)20-23-50(63)49-13-7-16-58(49)89-60/h23-24,26-27,30,41-43,45-47,49,51-52,54-62,64,68-69,77-83,85-88H,3-22,25,28-29,31-40,76H2,1-2H3. The molecule has 0 radical (unpaired) electrons. The van der Waals surface area contributed by atoms with Crippen LogP contribution < -0.4 is 16.4 Å². The van der Waals surface area contributed by atoms with E-state index < -0.39 is 99.5 Å². The fraction of sp³-hybridized carbons (Fsp3) is 0.827. The van der Waals surface area contributed by atoms with Gasteiger partial charge in [0.25, 0.3) is 0 Å². The van der Waals surface area contributed by atoms with Crippen molar-refractivity contribution in [3.05, 3.63) is 69.6 Å². The van der Waals surface area contributed by atoms with Gasteiger partial charge >= 0.3 is 0 Å². The van der Waals surface area contributed by atoms with Crippen LogP contribution >= 0.6 is 0 Å². The normalized spacial score (nSPS) is 49.0. The first-order chi connectivity index (χ1) is 43.3. The molecule has 0 bridgehead atoms. The Labute approximate surface area is 534 Å². The molecule has 12 aliphatic carbocycles. The molecule has 26 atom stereocenters. The summed E-state index contributed by atoms with van der Waals surface area (Å²) in [6, 6.07) is 0. The number of aliphatic hydroxyl groups excluding tert-OH is 5. The van der Waals surface area contributed by atoms with E-state index in [1.54, 1.807) is 0 Å². The summed E-state index contributed by atoms with van der Waals surface area (Å²) in [4.78, 5) is 16.7. The number of ketones is 1. The highest BCUT2D eigenvalue weighted by atomic mass is 16.5. The zero-order valence-corrected chi connectivity index (χ0v) is 54.2. The van der Waals surface area contributed by atoms with Gasteiger partial charge in [0.2, 0.25) is 0 Å². The molecule has 15 heteroatoms. The van der Waals surface area contributed by atoms with Crippen molar-refractivity contribution in [1.82, 2.24) is 10.6 Å². The zero-order chi connectivity index (χ0) is 62.4. The second-order valence-electron chi connectivity index (χ2n) is 33.1. The first-order valence-electron chi connectivity index (χ1n) is 36.9. The highest BCUT2D eigenvalue weighted by molar-refractivity contribution is 6.00. The topological polar surface area (TPSA) is 268 Å². The average Bonchev–Trinajstić information content (AvgIpc) is 1.26. The van der Waals surface area contributed by atoms with Crippen molar-refractivity contribution >= 4 is 5.78 Å². The Kier molecular flexibility index (Phi) is 16.7. The number of fused-ring (bicyclic) bond motifs is 8. The minimum Gasteiger partial charge on any atom is -0.396 e. The summed E-state index contributed by atoms with van der Waals surface area (Å²) in [5, 5.41) is 126. The lowest BCUT2D eigenvalue weighted by molar-refractivity contribution is -0.277. The molecule has 0 aromatic rings. The Balaban J connectivity index is 0.919. The van der Waals surface area contributed by atoms with Crippen LogP contribution in [0.5, 0.6) is 0 Å². The van der Waals surface area contributed by atoms with Crippen LogP contribution in [0.2, 0.25) is 0 Å². The van der Waals surface area contributed by atoms with Crippen LogP contribution in [0.25, 0.3) is 0 Å². The summed E-state index contributed by atoms with van der Waals surface area (Å²) in [6.07, 6.45) is 27.2. The van der Waals surface area contributed by atoms with Gasteiger partial charge in [-0.1, -0.05) is 81.7 Å². The van der Waals surface area contributed by atoms with Crippen LogP contribution in [0, 0.1) is 81.8 Å². The quantitative estimate of drug-likeness (QED) is 0.0772. The van der Waals surface area contributed by atoms with E-state index in [2.05, 4.69) is 29.7 Å². The molecule has 2 saturated heterocycles. The molecule has 15 rings (SSSR count). The van der Waals surface area contributed by atoms with Crippen molar-refractivity contribution in [2.24, 2.45) is 87.6 Å². The lowest BCUT2D eigenvalue weighted by atomic mass is 9.37. The SMILES string of the molecule is CCCC1CCC2OC3C(C(O)CCCC3(O)C(C)(O)C3CCC4(O)C5=C(NCC(O)C6CCCCC6)C(=O)C6CC(O)C(O)CC67CC(C6=C(CCCO)NC(N)C=C6)C=CC(O)(CC34C3CCC4CC6OC8CCCC8C8=CCC(=C86)CC4C3)C57)C2CC1. The molecule has 1 spiro atoms. The predicted octanol–water partition coefficient (Wildman–Crippen LogP) is 8.44. The van der Waals surface area contributed by atoms with Crippen molar-refractivity contribution in [3.8, 4) is 0 Å². The summed E-state index contributed by atoms with van der Waals surface area (Å²) < 4.78 is 14.5. The minimum atomic E-state index is -1.98. The van der Waals surface area contributed by atoms with Crippen LogP contribution in [0.4, 0.5) is 0 Å². The van der Waals surface area contributed by atoms with E-state index in [0.717, 1.165) is 120 Å². The largest absolute Gasteiger partial charge is 0.396 e. The molecular weight excluding hydrogens is 1130 g/mol. The van der Waals surface area contributed by atoms with Crippen LogP contribution in [-0.2, 0) is 14.3 Å². The van der Waals surface area contributed by atoms with Gasteiger partial charge in [-0.3, -0.25) is 4.79 Å². The van der Waals surface area contributed by atoms with E-state index in [9.17, 15) is 35.7 Å². The number of aliphatic hydroxyl groups is 9. The van der Waals surface area contributed by atoms with Crippen LogP contribution in [-0.4, -0.2) is 142 Å². The smallest absolute Gasteiger partial charge is 0.182 e. The lowest BCUT2D eigenvalue weighted by Crippen LogP contribution is -2.75. The minimum absolute atomic E-state index is 0.00209. The van der Waals surface area contributed by atoms with Crippen LogP contribution in [0.3, 0.4) is 0 Å². The van der Waals surface area contributed by atoms with Crippen molar-refractivity contribution in [3.63, 3.8) is 0 Å². The maximum absolute atomic E-state index is 16.7. The molecule has 498 valence electrons. The number of ether oxygens (including phenoxy) is 2. The van der Waals surface area contributed by atoms with Gasteiger partial charge in [0.05, 0.1) is 77.5 Å². The molecule has 3 aliphatic heterocycles. The van der Waals surface area contributed by atoms with E-state index in [4.69, 9.17) is 15.2 Å². The molecular formula is C75H111N3O12. The molecule has 15 aliphatic rings. The molecule has 15 nitrogen and oxygen atoms in total. The van der Waals surface area contributed by atoms with Gasteiger partial charge < -0.3 is 71.8 Å². The number of hydrogen-bond acceptors (Lipinski definition) is 15. The van der Waals surface area contributed by atoms with Gasteiger partial charge in [0, 0.05) is 53.9 Å². The van der Waals surface area contributed by atoms with E-state index in [1.165, 1.54) is 23.1 Å². The first kappa shape index (κ1) is 63.3. The van der Waals surface area contributed by atoms with Gasteiger partial charge in [-0.15, -0.1) is 0 Å². The second kappa shape index (κ2) is 23.8. The second-order valence-corrected chi connectivity index (χ2v) is 33.1. The van der Waals surface area contributed by atoms with Crippen molar-refractivity contribution in [2.75, 3.05) is 13.2 Å². The lowest BCUT2D eigenvalue weighted by Gasteiger charge is -2.69. The Morgan fingerprint density at radius 2 is 1.67 bits per heavy atom. The van der Waals surface area contributed by atoms with E-state index in [1.807, 2.05) is 25.2 Å². The molecule has 8 saturated carbocycles. The van der Waals surface area contributed by atoms with Crippen molar-refractivity contribution < 1.29 is 60.2 Å². The fourth-order valence-electron chi connectivity index (χ4n) is 25.2. The number of nitrogens with one attached hydrogen (secondary N) is 2. The van der Waals surface area contributed by atoms with E-state index >= 15 is 15.0 Å². The number of allylic oxidation sites excluding steroid dienone is 7. The third-order valence-electron chi connectivity index (χ3n) is 29.0. The molecule has 0 aromatic carbocycles. The summed E-state index contributed by atoms with van der Waals surface area (Å²) in [5.74, 6) is -2.65. The van der Waals surface area contributed by atoms with E-state index in [0.29, 0.717) is 61.9 Å². The third kappa shape index (κ3) is 9.73. The predicted molar refractivity (Wildman–Crippen MR) is 341 cm³/mol. The maximum Gasteiger partial charge on any atom is 0.182 e. The number of nitrogens with two attached hydrogens (primary N) is 1. The number of carbonyl (C=O) groups is 1. The molecule has 0 aromatic heterocycles. The number of rotatable bonds is 13. The van der Waals surface area contributed by atoms with Crippen LogP contribution in [0.1, 0.15) is 213 Å². The summed E-state index contributed by atoms with van der Waals surface area (Å²) in [5.41, 5.74) is 3.15. The number of carbonyl (C=O) groups excluding carboxylic acids is 1. The Hall–Kier alpha value is -2.77. The number of Topliss-reactive ketones (excluding diaryl/α,β-unsaturated/α-hetero) is 1. The first-order valence-corrected chi connectivity index (χ1v) is 36.9. The fourth-order valence-corrected chi connectivity index (χ4v) is 25.2. The molecule has 13 N–H and O–H groups in total. The van der Waals surface area contributed by atoms with Gasteiger partial charge in [-0.2, -0.15) is 0 Å². The molecule has 26 unspecified atom stereocenters. The van der Waals surface area contributed by atoms with Crippen LogP contribution in [0.15, 0.2) is 69.6 Å². The highest BCUT2D eigenvalue weighted by Gasteiger charge is 2.81. The number of hydrogen-bond donors (Lipinski definition) is 12. The monoisotopic (exact) mass is 1250 g/mol. The molecule has 3 heterocycles. The zero-order valence-electron chi connectivity index (χ0n) is 54.2. The van der Waals surface area contributed by atoms with Gasteiger partial charge in [0.1, 0.15) is 5.60 Å². The van der Waals surface area contributed by atoms with Crippen molar-refractivity contribution in [1.29, 1.82) is 0 Å². The van der Waals surface area contributed by atoms with E-state index in [-0.39, 0.29) is 112 Å².